The molecule has 2 saturated heterocycles. The average molecular weight is 354 g/mol. The Balaban J connectivity index is 1.85. The maximum absolute atomic E-state index is 5.56. The summed E-state index contributed by atoms with van der Waals surface area (Å²) in [5.41, 5.74) is 0.300. The predicted octanol–water partition coefficient (Wildman–Crippen LogP) is 1.53. The lowest BCUT2D eigenvalue weighted by Gasteiger charge is -2.43. The summed E-state index contributed by atoms with van der Waals surface area (Å²) in [4.78, 5) is 9.39. The van der Waals surface area contributed by atoms with Crippen molar-refractivity contribution in [3.05, 3.63) is 0 Å². The fourth-order valence-electron chi connectivity index (χ4n) is 3.91. The van der Waals surface area contributed by atoms with E-state index in [4.69, 9.17) is 4.74 Å². The Bertz CT molecular complexity index is 424. The first-order valence-electron chi connectivity index (χ1n) is 9.84. The highest BCUT2D eigenvalue weighted by molar-refractivity contribution is 5.79. The van der Waals surface area contributed by atoms with E-state index in [0.717, 1.165) is 45.1 Å². The van der Waals surface area contributed by atoms with Crippen molar-refractivity contribution in [3.63, 3.8) is 0 Å². The molecule has 146 valence electrons. The molecule has 0 atom stereocenters. The normalized spacial score (nSPS) is 22.9. The summed E-state index contributed by atoms with van der Waals surface area (Å²) in [6.07, 6.45) is 6.14. The number of ether oxygens (including phenoxy) is 1. The third-order valence-electron chi connectivity index (χ3n) is 6.08. The van der Waals surface area contributed by atoms with Crippen LogP contribution in [0.4, 0.5) is 0 Å². The maximum atomic E-state index is 5.56. The zero-order chi connectivity index (χ0) is 18.3. The van der Waals surface area contributed by atoms with Gasteiger partial charge in [-0.05, 0) is 66.7 Å². The molecule has 0 unspecified atom stereocenters. The largest absolute Gasteiger partial charge is 0.381 e. The number of likely N-dealkylation sites (tertiary alicyclic amines) is 1. The van der Waals surface area contributed by atoms with Crippen LogP contribution in [-0.4, -0.2) is 87.4 Å². The number of aliphatic imine (C=N–C) groups is 1. The molecule has 0 saturated carbocycles. The minimum absolute atomic E-state index is 0.149. The van der Waals surface area contributed by atoms with Gasteiger partial charge in [-0.25, -0.2) is 0 Å². The maximum Gasteiger partial charge on any atom is 0.191 e. The van der Waals surface area contributed by atoms with Crippen molar-refractivity contribution in [3.8, 4) is 0 Å². The quantitative estimate of drug-likeness (QED) is 0.560. The Morgan fingerprint density at radius 2 is 1.76 bits per heavy atom. The molecule has 0 spiro atoms. The minimum atomic E-state index is 0.149. The van der Waals surface area contributed by atoms with Gasteiger partial charge in [-0.2, -0.15) is 0 Å². The summed E-state index contributed by atoms with van der Waals surface area (Å²) in [7, 11) is 6.20. The number of nitrogens with one attached hydrogen (secondary N) is 2. The van der Waals surface area contributed by atoms with Gasteiger partial charge >= 0.3 is 0 Å². The molecule has 2 heterocycles. The van der Waals surface area contributed by atoms with Crippen LogP contribution >= 0.6 is 0 Å². The van der Waals surface area contributed by atoms with E-state index >= 15 is 0 Å². The molecule has 0 aliphatic carbocycles. The molecule has 6 nitrogen and oxygen atoms in total. The second-order valence-electron chi connectivity index (χ2n) is 8.37. The second kappa shape index (κ2) is 9.19. The van der Waals surface area contributed by atoms with Crippen LogP contribution < -0.4 is 10.6 Å². The van der Waals surface area contributed by atoms with Crippen molar-refractivity contribution in [2.24, 2.45) is 4.99 Å². The third kappa shape index (κ3) is 5.56. The number of hydrogen-bond acceptors (Lipinski definition) is 4. The molecule has 2 aliphatic heterocycles. The Morgan fingerprint density at radius 1 is 1.12 bits per heavy atom. The van der Waals surface area contributed by atoms with Crippen molar-refractivity contribution in [2.45, 2.75) is 57.0 Å². The van der Waals surface area contributed by atoms with Crippen LogP contribution in [-0.2, 0) is 4.74 Å². The number of hydrogen-bond donors (Lipinski definition) is 2. The highest BCUT2D eigenvalue weighted by Crippen LogP contribution is 2.25. The number of likely N-dealkylation sites (N-methyl/N-ethyl adjacent to an activating group) is 1. The Labute approximate surface area is 154 Å². The predicted molar refractivity (Wildman–Crippen MR) is 105 cm³/mol. The fraction of sp³-hybridized carbons (Fsp3) is 0.947. The summed E-state index contributed by atoms with van der Waals surface area (Å²) in [5, 5.41) is 7.11. The van der Waals surface area contributed by atoms with E-state index in [1.54, 1.807) is 0 Å². The fourth-order valence-corrected chi connectivity index (χ4v) is 3.91. The molecule has 0 radical (unpaired) electrons. The first kappa shape index (κ1) is 20.5. The summed E-state index contributed by atoms with van der Waals surface area (Å²) in [5.74, 6) is 0.901. The molecule has 0 aromatic rings. The summed E-state index contributed by atoms with van der Waals surface area (Å²) in [6.45, 7) is 10.6. The molecular weight excluding hydrogens is 314 g/mol. The lowest BCUT2D eigenvalue weighted by molar-refractivity contribution is -0.00504. The first-order chi connectivity index (χ1) is 11.9. The molecule has 0 aromatic heterocycles. The van der Waals surface area contributed by atoms with Gasteiger partial charge in [0, 0.05) is 44.4 Å². The zero-order valence-corrected chi connectivity index (χ0v) is 17.0. The standard InChI is InChI=1S/C19H39N5O/c1-18(2,24-11-7-6-8-12-24)15-21-17(20-3)22-16-19(23(4)5)9-13-25-14-10-19/h6-16H2,1-5H3,(H2,20,21,22). The molecule has 0 amide bonds. The molecule has 0 aromatic carbocycles. The molecule has 0 bridgehead atoms. The van der Waals surface area contributed by atoms with E-state index in [1.807, 2.05) is 7.05 Å². The van der Waals surface area contributed by atoms with E-state index < -0.39 is 0 Å². The molecule has 2 fully saturated rings. The van der Waals surface area contributed by atoms with E-state index in [0.29, 0.717) is 0 Å². The Morgan fingerprint density at radius 3 is 2.32 bits per heavy atom. The highest BCUT2D eigenvalue weighted by Gasteiger charge is 2.35. The summed E-state index contributed by atoms with van der Waals surface area (Å²) >= 11 is 0. The van der Waals surface area contributed by atoms with E-state index in [1.165, 1.54) is 32.4 Å². The second-order valence-corrected chi connectivity index (χ2v) is 8.37. The smallest absolute Gasteiger partial charge is 0.191 e. The highest BCUT2D eigenvalue weighted by atomic mass is 16.5. The van der Waals surface area contributed by atoms with Gasteiger partial charge in [0.05, 0.1) is 0 Å². The number of nitrogens with zero attached hydrogens (tertiary/aromatic N) is 3. The van der Waals surface area contributed by atoms with Gasteiger partial charge in [0.25, 0.3) is 0 Å². The molecular formula is C19H39N5O. The number of piperidine rings is 1. The van der Waals surface area contributed by atoms with Crippen molar-refractivity contribution in [1.82, 2.24) is 20.4 Å². The van der Waals surface area contributed by atoms with Gasteiger partial charge < -0.3 is 20.3 Å². The average Bonchev–Trinajstić information content (AvgIpc) is 2.63. The SMILES string of the molecule is CN=C(NCC(C)(C)N1CCCCC1)NCC1(N(C)C)CCOCC1. The van der Waals surface area contributed by atoms with Crippen molar-refractivity contribution in [1.29, 1.82) is 0 Å². The van der Waals surface area contributed by atoms with Crippen molar-refractivity contribution < 1.29 is 4.74 Å². The van der Waals surface area contributed by atoms with Gasteiger partial charge in [-0.1, -0.05) is 6.42 Å². The van der Waals surface area contributed by atoms with Gasteiger partial charge in [0.1, 0.15) is 0 Å². The van der Waals surface area contributed by atoms with Gasteiger partial charge in [-0.3, -0.25) is 9.89 Å². The van der Waals surface area contributed by atoms with Crippen LogP contribution in [0.25, 0.3) is 0 Å². The molecule has 25 heavy (non-hydrogen) atoms. The Kier molecular flexibility index (Phi) is 7.52. The topological polar surface area (TPSA) is 52.1 Å². The van der Waals surface area contributed by atoms with Crippen molar-refractivity contribution in [2.75, 3.05) is 60.5 Å². The van der Waals surface area contributed by atoms with Crippen LogP contribution in [0.3, 0.4) is 0 Å². The van der Waals surface area contributed by atoms with Crippen LogP contribution in [0.15, 0.2) is 4.99 Å². The summed E-state index contributed by atoms with van der Waals surface area (Å²) < 4.78 is 5.56. The van der Waals surface area contributed by atoms with Crippen LogP contribution in [0, 0.1) is 0 Å². The van der Waals surface area contributed by atoms with Gasteiger partial charge in [-0.15, -0.1) is 0 Å². The third-order valence-corrected chi connectivity index (χ3v) is 6.08. The van der Waals surface area contributed by atoms with E-state index in [2.05, 4.69) is 53.4 Å². The van der Waals surface area contributed by atoms with Crippen LogP contribution in [0.1, 0.15) is 46.0 Å². The molecule has 2 N–H and O–H groups in total. The summed E-state index contributed by atoms with van der Waals surface area (Å²) in [6, 6.07) is 0. The molecule has 2 aliphatic rings. The number of guanidine groups is 1. The number of rotatable bonds is 6. The zero-order valence-electron chi connectivity index (χ0n) is 17.0. The molecule has 6 heteroatoms. The molecule has 2 rings (SSSR count). The lowest BCUT2D eigenvalue weighted by Crippen LogP contribution is -2.59. The monoisotopic (exact) mass is 353 g/mol. The lowest BCUT2D eigenvalue weighted by atomic mass is 9.88. The minimum Gasteiger partial charge on any atom is -0.381 e. The van der Waals surface area contributed by atoms with E-state index in [-0.39, 0.29) is 11.1 Å². The Hall–Kier alpha value is -0.850. The van der Waals surface area contributed by atoms with Gasteiger partial charge in [0.15, 0.2) is 5.96 Å². The van der Waals surface area contributed by atoms with Crippen molar-refractivity contribution >= 4 is 5.96 Å². The first-order valence-corrected chi connectivity index (χ1v) is 9.84. The van der Waals surface area contributed by atoms with Gasteiger partial charge in [0.2, 0.25) is 0 Å². The van der Waals surface area contributed by atoms with Crippen LogP contribution in [0.2, 0.25) is 0 Å². The van der Waals surface area contributed by atoms with Crippen LogP contribution in [0.5, 0.6) is 0 Å². The van der Waals surface area contributed by atoms with E-state index in [9.17, 15) is 0 Å².